The molecule has 1 aromatic carbocycles. The Morgan fingerprint density at radius 3 is 2.49 bits per heavy atom. The molecule has 2 heterocycles. The third-order valence-corrected chi connectivity index (χ3v) is 6.98. The zero-order chi connectivity index (χ0) is 25.9. The minimum atomic E-state index is -3.40. The summed E-state index contributed by atoms with van der Waals surface area (Å²) in [6, 6.07) is 8.40. The van der Waals surface area contributed by atoms with E-state index in [-0.39, 0.29) is 34.2 Å². The average Bonchev–Trinajstić information content (AvgIpc) is 2.82. The summed E-state index contributed by atoms with van der Waals surface area (Å²) in [7, 11) is -3.40. The van der Waals surface area contributed by atoms with E-state index >= 15 is 0 Å². The molecule has 1 atom stereocenters. The van der Waals surface area contributed by atoms with E-state index in [1.807, 2.05) is 13.8 Å². The fraction of sp³-hybridized carbons (Fsp3) is 0.320. The minimum absolute atomic E-state index is 0.0320. The van der Waals surface area contributed by atoms with Crippen LogP contribution in [-0.2, 0) is 16.4 Å². The molecule has 1 N–H and O–H groups in total. The molecule has 10 heteroatoms. The second kappa shape index (κ2) is 10.5. The van der Waals surface area contributed by atoms with Gasteiger partial charge in [-0.25, -0.2) is 17.2 Å². The Morgan fingerprint density at radius 2 is 1.91 bits per heavy atom. The molecule has 0 fully saturated rings. The average molecular weight is 504 g/mol. The highest BCUT2D eigenvalue weighted by atomic mass is 32.2. The van der Waals surface area contributed by atoms with Crippen molar-refractivity contribution in [1.82, 2.24) is 14.9 Å². The number of carbonyl (C=O) groups excluding carboxylic acids is 1. The van der Waals surface area contributed by atoms with Gasteiger partial charge in [-0.05, 0) is 44.0 Å². The lowest BCUT2D eigenvalue weighted by atomic mass is 9.98. The summed E-state index contributed by atoms with van der Waals surface area (Å²) in [6.45, 7) is 5.60. The lowest BCUT2D eigenvalue weighted by molar-refractivity contribution is 0.0948. The molecule has 0 saturated heterocycles. The number of amides is 1. The van der Waals surface area contributed by atoms with Crippen molar-refractivity contribution in [3.8, 4) is 11.1 Å². The van der Waals surface area contributed by atoms with E-state index in [9.17, 15) is 26.8 Å². The van der Waals surface area contributed by atoms with Crippen molar-refractivity contribution in [3.63, 3.8) is 0 Å². The highest BCUT2D eigenvalue weighted by Crippen LogP contribution is 2.28. The zero-order valence-corrected chi connectivity index (χ0v) is 20.7. The van der Waals surface area contributed by atoms with Gasteiger partial charge in [0.05, 0.1) is 17.1 Å². The molecule has 1 amide bonds. The Bertz CT molecular complexity index is 1400. The van der Waals surface area contributed by atoms with E-state index in [1.165, 1.54) is 42.7 Å². The fourth-order valence-electron chi connectivity index (χ4n) is 3.71. The van der Waals surface area contributed by atoms with E-state index < -0.39 is 27.6 Å². The van der Waals surface area contributed by atoms with Gasteiger partial charge in [0.25, 0.3) is 12.3 Å². The van der Waals surface area contributed by atoms with Crippen LogP contribution < -0.4 is 10.7 Å². The van der Waals surface area contributed by atoms with Crippen LogP contribution in [-0.4, -0.2) is 30.1 Å². The van der Waals surface area contributed by atoms with E-state index in [0.29, 0.717) is 17.0 Å². The maximum absolute atomic E-state index is 13.4. The Kier molecular flexibility index (Phi) is 7.84. The number of hydrogen-bond acceptors (Lipinski definition) is 5. The van der Waals surface area contributed by atoms with Crippen molar-refractivity contribution in [2.24, 2.45) is 0 Å². The summed E-state index contributed by atoms with van der Waals surface area (Å²) < 4.78 is 51.6. The molecule has 35 heavy (non-hydrogen) atoms. The lowest BCUT2D eigenvalue weighted by Gasteiger charge is -2.22. The van der Waals surface area contributed by atoms with E-state index in [2.05, 4.69) is 10.3 Å². The summed E-state index contributed by atoms with van der Waals surface area (Å²) in [5.41, 5.74) is 0.587. The second-order valence-electron chi connectivity index (χ2n) is 8.36. The molecular weight excluding hydrogens is 476 g/mol. The van der Waals surface area contributed by atoms with Crippen LogP contribution >= 0.6 is 0 Å². The monoisotopic (exact) mass is 503 g/mol. The molecule has 0 unspecified atom stereocenters. The second-order valence-corrected chi connectivity index (χ2v) is 10.4. The standard InChI is InChI=1S/C25H27F2N3O4S/c1-5-15(2)30-14-21(25(32)29-12-19-9-10-20(13-28-19)35(4,33)34)23(31)22(16(30)3)17-7-6-8-18(11-17)24(26)27/h6-11,13-15,24H,5,12H2,1-4H3,(H,29,32)/t15-/m1/s1. The van der Waals surface area contributed by atoms with Crippen LogP contribution in [0.2, 0.25) is 0 Å². The Balaban J connectivity index is 2.01. The SMILES string of the molecule is CC[C@@H](C)n1cc(C(=O)NCc2ccc(S(C)(=O)=O)cn2)c(=O)c(-c2cccc(C(F)F)c2)c1C. The molecule has 0 spiro atoms. The van der Waals surface area contributed by atoms with Gasteiger partial charge in [0.2, 0.25) is 5.43 Å². The molecule has 0 bridgehead atoms. The third kappa shape index (κ3) is 5.82. The number of nitrogens with one attached hydrogen (secondary N) is 1. The number of pyridine rings is 2. The van der Waals surface area contributed by atoms with Gasteiger partial charge in [0.1, 0.15) is 5.56 Å². The minimum Gasteiger partial charge on any atom is -0.347 e. The summed E-state index contributed by atoms with van der Waals surface area (Å²) in [5.74, 6) is -0.646. The molecule has 0 aliphatic heterocycles. The number of benzene rings is 1. The van der Waals surface area contributed by atoms with Crippen LogP contribution in [0.1, 0.15) is 60.0 Å². The van der Waals surface area contributed by atoms with E-state index in [4.69, 9.17) is 0 Å². The van der Waals surface area contributed by atoms with Crippen LogP contribution in [0, 0.1) is 6.92 Å². The first kappa shape index (κ1) is 26.2. The third-order valence-electron chi connectivity index (χ3n) is 5.88. The van der Waals surface area contributed by atoms with Gasteiger partial charge in [0.15, 0.2) is 9.84 Å². The molecule has 0 aliphatic carbocycles. The largest absolute Gasteiger partial charge is 0.347 e. The first-order chi connectivity index (χ1) is 16.4. The van der Waals surface area contributed by atoms with Gasteiger partial charge in [-0.2, -0.15) is 0 Å². The molecule has 3 rings (SSSR count). The van der Waals surface area contributed by atoms with Crippen LogP contribution in [0.15, 0.2) is 58.5 Å². The normalized spacial score (nSPS) is 12.5. The molecule has 186 valence electrons. The number of halogens is 2. The zero-order valence-electron chi connectivity index (χ0n) is 19.9. The predicted molar refractivity (Wildman–Crippen MR) is 129 cm³/mol. The van der Waals surface area contributed by atoms with Gasteiger partial charge in [-0.1, -0.05) is 25.1 Å². The van der Waals surface area contributed by atoms with Crippen molar-refractivity contribution < 1.29 is 22.0 Å². The van der Waals surface area contributed by atoms with E-state index in [1.54, 1.807) is 17.6 Å². The van der Waals surface area contributed by atoms with Crippen LogP contribution in [0.3, 0.4) is 0 Å². The quantitative estimate of drug-likeness (QED) is 0.489. The van der Waals surface area contributed by atoms with Crippen molar-refractivity contribution >= 4 is 15.7 Å². The lowest BCUT2D eigenvalue weighted by Crippen LogP contribution is -2.31. The van der Waals surface area contributed by atoms with E-state index in [0.717, 1.165) is 12.7 Å². The number of carbonyl (C=O) groups is 1. The first-order valence-corrected chi connectivity index (χ1v) is 12.9. The number of rotatable bonds is 8. The Morgan fingerprint density at radius 1 is 1.20 bits per heavy atom. The number of hydrogen-bond donors (Lipinski definition) is 1. The Hall–Kier alpha value is -3.40. The predicted octanol–water partition coefficient (Wildman–Crippen LogP) is 4.46. The van der Waals surface area contributed by atoms with Gasteiger partial charge in [0, 0.05) is 41.5 Å². The summed E-state index contributed by atoms with van der Waals surface area (Å²) in [4.78, 5) is 30.5. The smallest absolute Gasteiger partial charge is 0.263 e. The Labute approximate surface area is 202 Å². The number of aromatic nitrogens is 2. The first-order valence-electron chi connectivity index (χ1n) is 11.0. The van der Waals surface area contributed by atoms with Crippen molar-refractivity contribution in [3.05, 3.63) is 81.5 Å². The van der Waals surface area contributed by atoms with Crippen molar-refractivity contribution in [2.45, 2.75) is 51.1 Å². The van der Waals surface area contributed by atoms with Crippen molar-refractivity contribution in [1.29, 1.82) is 0 Å². The topological polar surface area (TPSA) is 98.1 Å². The maximum atomic E-state index is 13.4. The fourth-order valence-corrected chi connectivity index (χ4v) is 4.27. The number of sulfone groups is 1. The molecule has 3 aromatic rings. The maximum Gasteiger partial charge on any atom is 0.263 e. The number of alkyl halides is 2. The summed E-state index contributed by atoms with van der Waals surface area (Å²) in [6.07, 6.45) is 1.78. The van der Waals surface area contributed by atoms with Crippen LogP contribution in [0.5, 0.6) is 0 Å². The van der Waals surface area contributed by atoms with Gasteiger partial charge >= 0.3 is 0 Å². The van der Waals surface area contributed by atoms with Crippen LogP contribution in [0.25, 0.3) is 11.1 Å². The molecular formula is C25H27F2N3O4S. The van der Waals surface area contributed by atoms with Crippen molar-refractivity contribution in [2.75, 3.05) is 6.26 Å². The van der Waals surface area contributed by atoms with Crippen LogP contribution in [0.4, 0.5) is 8.78 Å². The van der Waals surface area contributed by atoms with Gasteiger partial charge in [-0.3, -0.25) is 14.6 Å². The van der Waals surface area contributed by atoms with Gasteiger partial charge in [-0.15, -0.1) is 0 Å². The summed E-state index contributed by atoms with van der Waals surface area (Å²) >= 11 is 0. The molecule has 7 nitrogen and oxygen atoms in total. The highest BCUT2D eigenvalue weighted by Gasteiger charge is 2.22. The molecule has 0 aliphatic rings. The van der Waals surface area contributed by atoms with Gasteiger partial charge < -0.3 is 9.88 Å². The molecule has 2 aromatic heterocycles. The summed E-state index contributed by atoms with van der Waals surface area (Å²) in [5, 5.41) is 2.64. The number of nitrogens with zero attached hydrogens (tertiary/aromatic N) is 2. The molecule has 0 saturated carbocycles. The molecule has 0 radical (unpaired) electrons. The highest BCUT2D eigenvalue weighted by molar-refractivity contribution is 7.90.